The van der Waals surface area contributed by atoms with Gasteiger partial charge in [0.05, 0.1) is 0 Å². The minimum Gasteiger partial charge on any atom is -0.508 e. The van der Waals surface area contributed by atoms with Gasteiger partial charge in [-0.05, 0) is 42.7 Å². The normalized spacial score (nSPS) is 10.3. The van der Waals surface area contributed by atoms with Gasteiger partial charge in [0.25, 0.3) is 0 Å². The first-order chi connectivity index (χ1) is 7.65. The molecule has 0 aliphatic rings. The van der Waals surface area contributed by atoms with Crippen LogP contribution < -0.4 is 5.73 Å². The lowest BCUT2D eigenvalue weighted by Crippen LogP contribution is -1.95. The van der Waals surface area contributed by atoms with E-state index in [2.05, 4.69) is 31.2 Å². The third-order valence-corrected chi connectivity index (χ3v) is 2.64. The second-order valence-electron chi connectivity index (χ2n) is 4.05. The maximum atomic E-state index is 9.40. The van der Waals surface area contributed by atoms with Crippen LogP contribution in [0.15, 0.2) is 42.5 Å². The fourth-order valence-electron chi connectivity index (χ4n) is 1.67. The number of anilines is 1. The molecule has 0 aliphatic carbocycles. The van der Waals surface area contributed by atoms with Crippen LogP contribution in [0.25, 0.3) is 0 Å². The van der Waals surface area contributed by atoms with Gasteiger partial charge in [0.1, 0.15) is 5.75 Å². The Labute approximate surface area is 95.4 Å². The lowest BCUT2D eigenvalue weighted by molar-refractivity contribution is 0.475. The van der Waals surface area contributed by atoms with Crippen molar-refractivity contribution in [3.8, 4) is 5.75 Å². The van der Waals surface area contributed by atoms with E-state index in [-0.39, 0.29) is 5.75 Å². The third-order valence-electron chi connectivity index (χ3n) is 2.64. The van der Waals surface area contributed by atoms with Crippen molar-refractivity contribution < 1.29 is 5.11 Å². The largest absolute Gasteiger partial charge is 0.508 e. The van der Waals surface area contributed by atoms with E-state index in [9.17, 15) is 5.11 Å². The minimum absolute atomic E-state index is 0.260. The number of hydrogen-bond acceptors (Lipinski definition) is 2. The van der Waals surface area contributed by atoms with Crippen molar-refractivity contribution in [1.82, 2.24) is 0 Å². The predicted octanol–water partition coefficient (Wildman–Crippen LogP) is 2.87. The fourth-order valence-corrected chi connectivity index (χ4v) is 1.67. The van der Waals surface area contributed by atoms with E-state index in [1.165, 1.54) is 11.1 Å². The van der Waals surface area contributed by atoms with Gasteiger partial charge in [0, 0.05) is 5.69 Å². The second kappa shape index (κ2) is 4.27. The van der Waals surface area contributed by atoms with Gasteiger partial charge in [-0.25, -0.2) is 0 Å². The molecule has 0 aromatic heterocycles. The first-order valence-corrected chi connectivity index (χ1v) is 5.28. The second-order valence-corrected chi connectivity index (χ2v) is 4.05. The van der Waals surface area contributed by atoms with E-state index in [1.807, 2.05) is 0 Å². The van der Waals surface area contributed by atoms with Gasteiger partial charge in [-0.1, -0.05) is 29.8 Å². The summed E-state index contributed by atoms with van der Waals surface area (Å²) in [7, 11) is 0. The van der Waals surface area contributed by atoms with E-state index < -0.39 is 0 Å². The average molecular weight is 213 g/mol. The van der Waals surface area contributed by atoms with E-state index >= 15 is 0 Å². The van der Waals surface area contributed by atoms with Crippen LogP contribution in [0.3, 0.4) is 0 Å². The van der Waals surface area contributed by atoms with E-state index in [4.69, 9.17) is 5.73 Å². The van der Waals surface area contributed by atoms with Crippen LogP contribution in [0.2, 0.25) is 0 Å². The Balaban J connectivity index is 2.26. The lowest BCUT2D eigenvalue weighted by Gasteiger charge is -2.06. The number of hydrogen-bond donors (Lipinski definition) is 2. The van der Waals surface area contributed by atoms with Gasteiger partial charge in [-0.3, -0.25) is 0 Å². The van der Waals surface area contributed by atoms with Crippen LogP contribution in [0.1, 0.15) is 16.7 Å². The first kappa shape index (κ1) is 10.6. The summed E-state index contributed by atoms with van der Waals surface area (Å²) < 4.78 is 0. The molecule has 2 heteroatoms. The highest BCUT2D eigenvalue weighted by Crippen LogP contribution is 2.21. The van der Waals surface area contributed by atoms with Crippen molar-refractivity contribution in [2.45, 2.75) is 13.3 Å². The quantitative estimate of drug-likeness (QED) is 0.595. The molecule has 0 fully saturated rings. The monoisotopic (exact) mass is 213 g/mol. The fraction of sp³-hybridized carbons (Fsp3) is 0.143. The summed E-state index contributed by atoms with van der Waals surface area (Å²) in [6.07, 6.45) is 0.751. The summed E-state index contributed by atoms with van der Waals surface area (Å²) in [5.74, 6) is 0.260. The van der Waals surface area contributed by atoms with E-state index in [0.717, 1.165) is 17.7 Å². The minimum atomic E-state index is 0.260. The molecule has 0 atom stereocenters. The van der Waals surface area contributed by atoms with Crippen molar-refractivity contribution in [2.24, 2.45) is 0 Å². The molecule has 0 amide bonds. The van der Waals surface area contributed by atoms with Gasteiger partial charge in [-0.2, -0.15) is 0 Å². The Morgan fingerprint density at radius 3 is 2.44 bits per heavy atom. The zero-order chi connectivity index (χ0) is 11.5. The van der Waals surface area contributed by atoms with Crippen molar-refractivity contribution in [2.75, 3.05) is 5.73 Å². The van der Waals surface area contributed by atoms with Crippen molar-refractivity contribution in [3.05, 3.63) is 59.2 Å². The topological polar surface area (TPSA) is 46.2 Å². The zero-order valence-electron chi connectivity index (χ0n) is 9.27. The van der Waals surface area contributed by atoms with Crippen LogP contribution in [0.4, 0.5) is 5.69 Å². The number of nitrogens with two attached hydrogens (primary N) is 1. The van der Waals surface area contributed by atoms with Crippen molar-refractivity contribution in [3.63, 3.8) is 0 Å². The first-order valence-electron chi connectivity index (χ1n) is 5.28. The van der Waals surface area contributed by atoms with Gasteiger partial charge in [-0.15, -0.1) is 0 Å². The SMILES string of the molecule is Cc1ccc(Cc2cc(O)ccc2N)cc1. The van der Waals surface area contributed by atoms with Crippen LogP contribution in [0, 0.1) is 6.92 Å². The summed E-state index contributed by atoms with van der Waals surface area (Å²) in [6.45, 7) is 2.06. The Morgan fingerprint density at radius 2 is 1.75 bits per heavy atom. The zero-order valence-corrected chi connectivity index (χ0v) is 9.27. The van der Waals surface area contributed by atoms with E-state index in [1.54, 1.807) is 18.2 Å². The van der Waals surface area contributed by atoms with Gasteiger partial charge in [0.15, 0.2) is 0 Å². The maximum absolute atomic E-state index is 9.40. The Kier molecular flexibility index (Phi) is 2.82. The van der Waals surface area contributed by atoms with Gasteiger partial charge >= 0.3 is 0 Å². The summed E-state index contributed by atoms with van der Waals surface area (Å²) in [5, 5.41) is 9.40. The lowest BCUT2D eigenvalue weighted by atomic mass is 10.0. The molecule has 2 aromatic carbocycles. The average Bonchev–Trinajstić information content (AvgIpc) is 2.27. The molecular weight excluding hydrogens is 198 g/mol. The molecule has 2 aromatic rings. The molecule has 0 aliphatic heterocycles. The molecule has 82 valence electrons. The summed E-state index contributed by atoms with van der Waals surface area (Å²) in [6, 6.07) is 13.4. The molecular formula is C14H15NO. The number of benzene rings is 2. The summed E-state index contributed by atoms with van der Waals surface area (Å²) in [4.78, 5) is 0. The number of rotatable bonds is 2. The molecule has 0 radical (unpaired) electrons. The van der Waals surface area contributed by atoms with Crippen LogP contribution in [0.5, 0.6) is 5.75 Å². The molecule has 0 unspecified atom stereocenters. The molecule has 16 heavy (non-hydrogen) atoms. The maximum Gasteiger partial charge on any atom is 0.116 e. The Bertz CT molecular complexity index is 489. The highest BCUT2D eigenvalue weighted by atomic mass is 16.3. The standard InChI is InChI=1S/C14H15NO/c1-10-2-4-11(5-3-10)8-12-9-13(16)6-7-14(12)15/h2-7,9,16H,8,15H2,1H3. The smallest absolute Gasteiger partial charge is 0.116 e. The Hall–Kier alpha value is -1.96. The van der Waals surface area contributed by atoms with Crippen LogP contribution in [-0.2, 0) is 6.42 Å². The highest BCUT2D eigenvalue weighted by molar-refractivity contribution is 5.52. The number of phenolic OH excluding ortho intramolecular Hbond substituents is 1. The molecule has 0 spiro atoms. The highest BCUT2D eigenvalue weighted by Gasteiger charge is 2.02. The number of aryl methyl sites for hydroxylation is 1. The molecule has 2 rings (SSSR count). The number of aromatic hydroxyl groups is 1. The molecule has 2 nitrogen and oxygen atoms in total. The predicted molar refractivity (Wildman–Crippen MR) is 66.5 cm³/mol. The van der Waals surface area contributed by atoms with Crippen molar-refractivity contribution in [1.29, 1.82) is 0 Å². The molecule has 0 saturated heterocycles. The van der Waals surface area contributed by atoms with Gasteiger partial charge < -0.3 is 10.8 Å². The van der Waals surface area contributed by atoms with Crippen LogP contribution in [-0.4, -0.2) is 5.11 Å². The van der Waals surface area contributed by atoms with Gasteiger partial charge in [0.2, 0.25) is 0 Å². The molecule has 0 heterocycles. The summed E-state index contributed by atoms with van der Waals surface area (Å²) >= 11 is 0. The molecule has 3 N–H and O–H groups in total. The Morgan fingerprint density at radius 1 is 1.06 bits per heavy atom. The van der Waals surface area contributed by atoms with E-state index in [0.29, 0.717) is 0 Å². The van der Waals surface area contributed by atoms with Crippen molar-refractivity contribution >= 4 is 5.69 Å². The summed E-state index contributed by atoms with van der Waals surface area (Å²) in [5.41, 5.74) is 9.98. The number of phenols is 1. The number of nitrogen functional groups attached to an aromatic ring is 1. The molecule has 0 saturated carbocycles. The van der Waals surface area contributed by atoms with Crippen LogP contribution >= 0.6 is 0 Å². The molecule has 0 bridgehead atoms. The third kappa shape index (κ3) is 2.34.